The Balaban J connectivity index is 1.70. The van der Waals surface area contributed by atoms with Gasteiger partial charge in [-0.15, -0.1) is 0 Å². The van der Waals surface area contributed by atoms with Gasteiger partial charge in [-0.05, 0) is 61.7 Å². The molecule has 0 aliphatic heterocycles. The fourth-order valence-corrected chi connectivity index (χ4v) is 4.72. The van der Waals surface area contributed by atoms with Gasteiger partial charge in [-0.25, -0.2) is 9.78 Å². The first-order chi connectivity index (χ1) is 16.4. The molecule has 34 heavy (non-hydrogen) atoms. The molecule has 1 atom stereocenters. The molecule has 3 aromatic rings. The van der Waals surface area contributed by atoms with Gasteiger partial charge < -0.3 is 9.47 Å². The molecule has 2 aromatic carbocycles. The van der Waals surface area contributed by atoms with Crippen LogP contribution in [0.2, 0.25) is 5.02 Å². The molecule has 9 heteroatoms. The number of fused-ring (bicyclic) bond motifs is 1. The average molecular weight is 547 g/mol. The Kier molecular flexibility index (Phi) is 7.68. The molecule has 1 aromatic heterocycles. The number of esters is 1. The lowest BCUT2D eigenvalue weighted by molar-refractivity contribution is -0.147. The van der Waals surface area contributed by atoms with Gasteiger partial charge in [-0.2, -0.15) is 9.78 Å². The summed E-state index contributed by atoms with van der Waals surface area (Å²) in [5.74, 6) is 0.736. The van der Waals surface area contributed by atoms with Crippen LogP contribution in [0.1, 0.15) is 56.3 Å². The number of aromatic nitrogens is 2. The van der Waals surface area contributed by atoms with Crippen molar-refractivity contribution in [3.8, 4) is 5.75 Å². The maximum atomic E-state index is 13.4. The average Bonchev–Trinajstić information content (AvgIpc) is 2.85. The third-order valence-corrected chi connectivity index (χ3v) is 6.71. The van der Waals surface area contributed by atoms with E-state index in [-0.39, 0.29) is 11.5 Å². The monoisotopic (exact) mass is 545 g/mol. The molecule has 0 radical (unpaired) electrons. The van der Waals surface area contributed by atoms with Gasteiger partial charge in [-0.3, -0.25) is 4.79 Å². The van der Waals surface area contributed by atoms with Crippen molar-refractivity contribution in [1.29, 1.82) is 0 Å². The third-order valence-electron chi connectivity index (χ3n) is 5.92. The van der Waals surface area contributed by atoms with Gasteiger partial charge in [0.25, 0.3) is 5.56 Å². The summed E-state index contributed by atoms with van der Waals surface area (Å²) in [6.07, 6.45) is 6.19. The standard InChI is InChI=1S/C25H25BrClN3O4/c1-15(25(32)33-2)34-22-11-8-16(12-20(22)27)14-28-30-23(17-6-4-3-5-7-17)29-21-10-9-18(26)13-19(21)24(30)31/h8-15,17H,3-7H2,1-2H3/t15-/m0/s1. The highest BCUT2D eigenvalue weighted by Crippen LogP contribution is 2.32. The summed E-state index contributed by atoms with van der Waals surface area (Å²) in [5.41, 5.74) is 1.14. The Labute approximate surface area is 210 Å². The second-order valence-electron chi connectivity index (χ2n) is 8.30. The van der Waals surface area contributed by atoms with Crippen LogP contribution in [0, 0.1) is 0 Å². The van der Waals surface area contributed by atoms with Crippen LogP contribution in [0.25, 0.3) is 10.9 Å². The van der Waals surface area contributed by atoms with Gasteiger partial charge in [0.05, 0.1) is 29.2 Å². The fourth-order valence-electron chi connectivity index (χ4n) is 4.12. The summed E-state index contributed by atoms with van der Waals surface area (Å²) in [6.45, 7) is 1.59. The van der Waals surface area contributed by atoms with E-state index < -0.39 is 12.1 Å². The van der Waals surface area contributed by atoms with Crippen LogP contribution in [0.15, 0.2) is 50.8 Å². The first-order valence-corrected chi connectivity index (χ1v) is 12.3. The number of rotatable bonds is 6. The van der Waals surface area contributed by atoms with Crippen molar-refractivity contribution in [2.24, 2.45) is 5.10 Å². The summed E-state index contributed by atoms with van der Waals surface area (Å²) in [7, 11) is 1.30. The lowest BCUT2D eigenvalue weighted by Crippen LogP contribution is -2.25. The molecule has 0 amide bonds. The minimum atomic E-state index is -0.790. The first kappa shape index (κ1) is 24.4. The number of nitrogens with zero attached hydrogens (tertiary/aromatic N) is 3. The number of halogens is 2. The van der Waals surface area contributed by atoms with Crippen LogP contribution in [0.3, 0.4) is 0 Å². The van der Waals surface area contributed by atoms with Gasteiger partial charge in [-0.1, -0.05) is 46.8 Å². The maximum absolute atomic E-state index is 13.4. The molecule has 1 saturated carbocycles. The summed E-state index contributed by atoms with van der Waals surface area (Å²) in [6, 6.07) is 10.6. The van der Waals surface area contributed by atoms with Crippen LogP contribution in [0.4, 0.5) is 0 Å². The minimum absolute atomic E-state index is 0.186. The maximum Gasteiger partial charge on any atom is 0.346 e. The van der Waals surface area contributed by atoms with Crippen molar-refractivity contribution in [2.75, 3.05) is 7.11 Å². The molecule has 0 bridgehead atoms. The Hall–Kier alpha value is -2.71. The Morgan fingerprint density at radius 2 is 2.00 bits per heavy atom. The minimum Gasteiger partial charge on any atom is -0.477 e. The predicted octanol–water partition coefficient (Wildman–Crippen LogP) is 5.68. The van der Waals surface area contributed by atoms with E-state index in [1.807, 2.05) is 12.1 Å². The topological polar surface area (TPSA) is 82.8 Å². The van der Waals surface area contributed by atoms with E-state index in [9.17, 15) is 9.59 Å². The summed E-state index contributed by atoms with van der Waals surface area (Å²) < 4.78 is 12.5. The molecule has 0 saturated heterocycles. The van der Waals surface area contributed by atoms with Crippen LogP contribution < -0.4 is 10.3 Å². The lowest BCUT2D eigenvalue weighted by atomic mass is 9.88. The van der Waals surface area contributed by atoms with Crippen LogP contribution >= 0.6 is 27.5 Å². The van der Waals surface area contributed by atoms with Crippen molar-refractivity contribution < 1.29 is 14.3 Å². The summed E-state index contributed by atoms with van der Waals surface area (Å²) in [4.78, 5) is 29.8. The van der Waals surface area contributed by atoms with Crippen molar-refractivity contribution in [1.82, 2.24) is 9.66 Å². The molecule has 178 valence electrons. The molecule has 4 rings (SSSR count). The number of benzene rings is 2. The fraction of sp³-hybridized carbons (Fsp3) is 0.360. The highest BCUT2D eigenvalue weighted by Gasteiger charge is 2.22. The molecule has 0 N–H and O–H groups in total. The highest BCUT2D eigenvalue weighted by molar-refractivity contribution is 9.10. The molecule has 1 heterocycles. The number of methoxy groups -OCH3 is 1. The van der Waals surface area contributed by atoms with E-state index in [0.29, 0.717) is 33.1 Å². The Morgan fingerprint density at radius 3 is 2.71 bits per heavy atom. The molecule has 0 spiro atoms. The van der Waals surface area contributed by atoms with E-state index in [1.54, 1.807) is 37.4 Å². The number of carbonyl (C=O) groups is 1. The van der Waals surface area contributed by atoms with Gasteiger partial charge >= 0.3 is 5.97 Å². The molecular formula is C25H25BrClN3O4. The Morgan fingerprint density at radius 1 is 1.24 bits per heavy atom. The van der Waals surface area contributed by atoms with Gasteiger partial charge in [0.2, 0.25) is 0 Å². The van der Waals surface area contributed by atoms with Crippen LogP contribution in [-0.4, -0.2) is 35.1 Å². The van der Waals surface area contributed by atoms with Gasteiger partial charge in [0.1, 0.15) is 11.6 Å². The van der Waals surface area contributed by atoms with E-state index in [4.69, 9.17) is 21.3 Å². The summed E-state index contributed by atoms with van der Waals surface area (Å²) in [5, 5.41) is 5.36. The molecule has 1 aliphatic carbocycles. The zero-order valence-corrected chi connectivity index (χ0v) is 21.3. The largest absolute Gasteiger partial charge is 0.477 e. The molecule has 7 nitrogen and oxygen atoms in total. The van der Waals surface area contributed by atoms with Gasteiger partial charge in [0, 0.05) is 10.4 Å². The quantitative estimate of drug-likeness (QED) is 0.293. The highest BCUT2D eigenvalue weighted by atomic mass is 79.9. The van der Waals surface area contributed by atoms with Crippen molar-refractivity contribution in [3.63, 3.8) is 0 Å². The SMILES string of the molecule is COC(=O)[C@H](C)Oc1ccc(C=Nn2c(C3CCCCC3)nc3ccc(Br)cc3c2=O)cc1Cl. The zero-order valence-electron chi connectivity index (χ0n) is 19.0. The molecule has 1 fully saturated rings. The van der Waals surface area contributed by atoms with Crippen LogP contribution in [0.5, 0.6) is 5.75 Å². The number of ether oxygens (including phenoxy) is 2. The molecular weight excluding hydrogens is 522 g/mol. The second kappa shape index (κ2) is 10.7. The predicted molar refractivity (Wildman–Crippen MR) is 136 cm³/mol. The van der Waals surface area contributed by atoms with E-state index >= 15 is 0 Å². The van der Waals surface area contributed by atoms with Crippen molar-refractivity contribution in [3.05, 3.63) is 67.6 Å². The Bertz CT molecular complexity index is 1300. The molecule has 0 unspecified atom stereocenters. The third kappa shape index (κ3) is 5.33. The number of hydrogen-bond acceptors (Lipinski definition) is 6. The normalized spacial score (nSPS) is 15.5. The van der Waals surface area contributed by atoms with Crippen molar-refractivity contribution in [2.45, 2.75) is 51.0 Å². The number of carbonyl (C=O) groups excluding carboxylic acids is 1. The van der Waals surface area contributed by atoms with E-state index in [1.165, 1.54) is 18.2 Å². The van der Waals surface area contributed by atoms with E-state index in [0.717, 1.165) is 30.2 Å². The second-order valence-corrected chi connectivity index (χ2v) is 9.62. The number of hydrogen-bond donors (Lipinski definition) is 0. The molecule has 1 aliphatic rings. The smallest absolute Gasteiger partial charge is 0.346 e. The van der Waals surface area contributed by atoms with E-state index in [2.05, 4.69) is 25.8 Å². The lowest BCUT2D eigenvalue weighted by Gasteiger charge is -2.22. The van der Waals surface area contributed by atoms with Crippen molar-refractivity contribution >= 4 is 50.6 Å². The summed E-state index contributed by atoms with van der Waals surface area (Å²) >= 11 is 9.80. The van der Waals surface area contributed by atoms with Gasteiger partial charge in [0.15, 0.2) is 6.10 Å². The van der Waals surface area contributed by atoms with Crippen LogP contribution in [-0.2, 0) is 9.53 Å². The zero-order chi connectivity index (χ0) is 24.2. The first-order valence-electron chi connectivity index (χ1n) is 11.2.